The number of nitrogens with zero attached hydrogens (tertiary/aromatic N) is 2. The van der Waals surface area contributed by atoms with Crippen LogP contribution in [0, 0.1) is 0 Å². The van der Waals surface area contributed by atoms with Gasteiger partial charge in [0.1, 0.15) is 5.56 Å². The number of ether oxygens (including phenoxy) is 1. The Labute approximate surface area is 75.8 Å². The first kappa shape index (κ1) is 9.31. The van der Waals surface area contributed by atoms with Gasteiger partial charge in [-0.15, -0.1) is 0 Å². The van der Waals surface area contributed by atoms with Gasteiger partial charge in [-0.05, 0) is 6.92 Å². The highest BCUT2D eigenvalue weighted by Crippen LogP contribution is 2.10. The Morgan fingerprint density at radius 2 is 2.62 bits per heavy atom. The van der Waals surface area contributed by atoms with Crippen molar-refractivity contribution in [2.45, 2.75) is 6.92 Å². The molecule has 0 saturated carbocycles. The summed E-state index contributed by atoms with van der Waals surface area (Å²) in [5.41, 5.74) is 5.73. The number of carbonyl (C=O) groups excluding carboxylic acids is 1. The van der Waals surface area contributed by atoms with E-state index in [2.05, 4.69) is 11.7 Å². The highest BCUT2D eigenvalue weighted by molar-refractivity contribution is 5.94. The third-order valence-corrected chi connectivity index (χ3v) is 1.44. The molecule has 1 aromatic heterocycles. The standard InChI is InChI=1S/C8H11N3O2/c1-3-11-5-6(7(9)10-11)8(12)13-4-2/h3,5H,1,4H2,2H3,(H2,9,10). The third kappa shape index (κ3) is 1.87. The van der Waals surface area contributed by atoms with Gasteiger partial charge < -0.3 is 10.5 Å². The number of rotatable bonds is 3. The van der Waals surface area contributed by atoms with E-state index in [1.54, 1.807) is 6.92 Å². The monoisotopic (exact) mass is 181 g/mol. The van der Waals surface area contributed by atoms with Crippen LogP contribution in [0.3, 0.4) is 0 Å². The van der Waals surface area contributed by atoms with Gasteiger partial charge >= 0.3 is 5.97 Å². The van der Waals surface area contributed by atoms with Crippen molar-refractivity contribution < 1.29 is 9.53 Å². The predicted octanol–water partition coefficient (Wildman–Crippen LogP) is 0.742. The Morgan fingerprint density at radius 3 is 3.08 bits per heavy atom. The second kappa shape index (κ2) is 3.75. The Kier molecular flexibility index (Phi) is 2.69. The maximum absolute atomic E-state index is 11.2. The van der Waals surface area contributed by atoms with Crippen molar-refractivity contribution in [2.24, 2.45) is 0 Å². The minimum Gasteiger partial charge on any atom is -0.462 e. The number of hydrogen-bond acceptors (Lipinski definition) is 4. The average Bonchev–Trinajstić information content (AvgIpc) is 2.47. The highest BCUT2D eigenvalue weighted by atomic mass is 16.5. The fourth-order valence-corrected chi connectivity index (χ4v) is 0.865. The molecule has 13 heavy (non-hydrogen) atoms. The molecule has 0 saturated heterocycles. The number of aromatic nitrogens is 2. The smallest absolute Gasteiger partial charge is 0.343 e. The number of anilines is 1. The minimum atomic E-state index is -0.465. The largest absolute Gasteiger partial charge is 0.462 e. The summed E-state index contributed by atoms with van der Waals surface area (Å²) >= 11 is 0. The predicted molar refractivity (Wildman–Crippen MR) is 49.0 cm³/mol. The molecule has 0 bridgehead atoms. The van der Waals surface area contributed by atoms with Crippen LogP contribution in [0.2, 0.25) is 0 Å². The summed E-state index contributed by atoms with van der Waals surface area (Å²) < 4.78 is 6.12. The fraction of sp³-hybridized carbons (Fsp3) is 0.250. The molecule has 0 spiro atoms. The molecule has 0 radical (unpaired) electrons. The molecule has 0 amide bonds. The van der Waals surface area contributed by atoms with Crippen molar-refractivity contribution >= 4 is 18.0 Å². The molecule has 70 valence electrons. The summed E-state index contributed by atoms with van der Waals surface area (Å²) in [4.78, 5) is 11.2. The first-order valence-electron chi connectivity index (χ1n) is 3.83. The van der Waals surface area contributed by atoms with Crippen molar-refractivity contribution in [3.8, 4) is 0 Å². The lowest BCUT2D eigenvalue weighted by Crippen LogP contribution is -2.05. The van der Waals surface area contributed by atoms with Gasteiger partial charge in [-0.25, -0.2) is 9.48 Å². The third-order valence-electron chi connectivity index (χ3n) is 1.44. The van der Waals surface area contributed by atoms with E-state index in [-0.39, 0.29) is 11.4 Å². The van der Waals surface area contributed by atoms with Crippen LogP contribution < -0.4 is 5.73 Å². The van der Waals surface area contributed by atoms with E-state index in [0.29, 0.717) is 6.61 Å². The van der Waals surface area contributed by atoms with Gasteiger partial charge in [0.2, 0.25) is 0 Å². The number of nitrogens with two attached hydrogens (primary N) is 1. The van der Waals surface area contributed by atoms with Crippen LogP contribution in [0.1, 0.15) is 17.3 Å². The number of nitrogen functional groups attached to an aromatic ring is 1. The fourth-order valence-electron chi connectivity index (χ4n) is 0.865. The van der Waals surface area contributed by atoms with Gasteiger partial charge in [0.15, 0.2) is 5.82 Å². The zero-order valence-corrected chi connectivity index (χ0v) is 7.36. The Hall–Kier alpha value is -1.78. The maximum Gasteiger partial charge on any atom is 0.343 e. The first-order chi connectivity index (χ1) is 6.19. The lowest BCUT2D eigenvalue weighted by atomic mass is 10.3. The van der Waals surface area contributed by atoms with Gasteiger partial charge in [0.05, 0.1) is 6.61 Å². The lowest BCUT2D eigenvalue weighted by molar-refractivity contribution is 0.0527. The van der Waals surface area contributed by atoms with Crippen molar-refractivity contribution in [3.63, 3.8) is 0 Å². The molecule has 1 aromatic rings. The molecule has 0 aliphatic rings. The van der Waals surface area contributed by atoms with Crippen molar-refractivity contribution in [3.05, 3.63) is 18.3 Å². The highest BCUT2D eigenvalue weighted by Gasteiger charge is 2.13. The van der Waals surface area contributed by atoms with E-state index in [9.17, 15) is 4.79 Å². The van der Waals surface area contributed by atoms with Crippen molar-refractivity contribution in [2.75, 3.05) is 12.3 Å². The van der Waals surface area contributed by atoms with Crippen LogP contribution in [0.25, 0.3) is 6.20 Å². The van der Waals surface area contributed by atoms with E-state index < -0.39 is 5.97 Å². The van der Waals surface area contributed by atoms with E-state index in [0.717, 1.165) is 0 Å². The summed E-state index contributed by atoms with van der Waals surface area (Å²) in [6.45, 7) is 5.53. The average molecular weight is 181 g/mol. The topological polar surface area (TPSA) is 70.1 Å². The van der Waals surface area contributed by atoms with Crippen LogP contribution in [-0.4, -0.2) is 22.4 Å². The van der Waals surface area contributed by atoms with Gasteiger partial charge in [0, 0.05) is 12.4 Å². The molecule has 2 N–H and O–H groups in total. The lowest BCUT2D eigenvalue weighted by Gasteiger charge is -1.97. The molecule has 5 nitrogen and oxygen atoms in total. The van der Waals surface area contributed by atoms with Crippen LogP contribution >= 0.6 is 0 Å². The van der Waals surface area contributed by atoms with Crippen LogP contribution in [0.5, 0.6) is 0 Å². The normalized spacial score (nSPS) is 9.62. The second-order valence-electron chi connectivity index (χ2n) is 2.31. The minimum absolute atomic E-state index is 0.151. The SMILES string of the molecule is C=Cn1cc(C(=O)OCC)c(N)n1. The zero-order chi connectivity index (χ0) is 9.84. The Bertz CT molecular complexity index is 330. The molecular formula is C8H11N3O2. The second-order valence-corrected chi connectivity index (χ2v) is 2.31. The van der Waals surface area contributed by atoms with E-state index in [4.69, 9.17) is 10.5 Å². The van der Waals surface area contributed by atoms with Gasteiger partial charge in [0.25, 0.3) is 0 Å². The van der Waals surface area contributed by atoms with Crippen molar-refractivity contribution in [1.29, 1.82) is 0 Å². The Morgan fingerprint density at radius 1 is 1.92 bits per heavy atom. The van der Waals surface area contributed by atoms with Crippen LogP contribution in [-0.2, 0) is 4.74 Å². The van der Waals surface area contributed by atoms with Gasteiger partial charge in [-0.1, -0.05) is 6.58 Å². The number of esters is 1. The summed E-state index contributed by atoms with van der Waals surface area (Å²) in [6, 6.07) is 0. The van der Waals surface area contributed by atoms with Gasteiger partial charge in [-0.3, -0.25) is 0 Å². The van der Waals surface area contributed by atoms with Gasteiger partial charge in [-0.2, -0.15) is 5.10 Å². The summed E-state index contributed by atoms with van der Waals surface area (Å²) in [7, 11) is 0. The van der Waals surface area contributed by atoms with Crippen LogP contribution in [0.15, 0.2) is 12.8 Å². The molecular weight excluding hydrogens is 170 g/mol. The maximum atomic E-state index is 11.2. The molecule has 1 heterocycles. The molecule has 1 rings (SSSR count). The molecule has 0 aliphatic carbocycles. The molecule has 0 fully saturated rings. The molecule has 0 atom stereocenters. The number of hydrogen-bond donors (Lipinski definition) is 1. The van der Waals surface area contributed by atoms with Crippen molar-refractivity contribution in [1.82, 2.24) is 9.78 Å². The molecule has 0 aromatic carbocycles. The van der Waals surface area contributed by atoms with E-state index in [1.807, 2.05) is 0 Å². The van der Waals surface area contributed by atoms with Crippen LogP contribution in [0.4, 0.5) is 5.82 Å². The molecule has 0 aliphatic heterocycles. The first-order valence-corrected chi connectivity index (χ1v) is 3.83. The van der Waals surface area contributed by atoms with E-state index >= 15 is 0 Å². The number of carbonyl (C=O) groups is 1. The molecule has 5 heteroatoms. The molecule has 0 unspecified atom stereocenters. The quantitative estimate of drug-likeness (QED) is 0.698. The summed E-state index contributed by atoms with van der Waals surface area (Å²) in [5, 5.41) is 3.81. The zero-order valence-electron chi connectivity index (χ0n) is 7.36. The Balaban J connectivity index is 2.93. The summed E-state index contributed by atoms with van der Waals surface area (Å²) in [5.74, 6) is -0.313. The summed E-state index contributed by atoms with van der Waals surface area (Å²) in [6.07, 6.45) is 2.92. The van der Waals surface area contributed by atoms with E-state index in [1.165, 1.54) is 17.1 Å².